The summed E-state index contributed by atoms with van der Waals surface area (Å²) in [5, 5.41) is 11.1. The van der Waals surface area contributed by atoms with E-state index in [-0.39, 0.29) is 17.1 Å². The smallest absolute Gasteiger partial charge is 0.335 e. The molecule has 0 bridgehead atoms. The molecule has 21 heavy (non-hydrogen) atoms. The van der Waals surface area contributed by atoms with Crippen LogP contribution in [0.15, 0.2) is 42.7 Å². The number of nitrogen functional groups attached to an aromatic ring is 1. The summed E-state index contributed by atoms with van der Waals surface area (Å²) in [7, 11) is 0. The van der Waals surface area contributed by atoms with E-state index in [2.05, 4.69) is 10.4 Å². The first-order valence-electron chi connectivity index (χ1n) is 6.48. The highest BCUT2D eigenvalue weighted by molar-refractivity contribution is 5.67. The van der Waals surface area contributed by atoms with Gasteiger partial charge in [-0.05, 0) is 42.7 Å². The van der Waals surface area contributed by atoms with Gasteiger partial charge in [0.05, 0.1) is 11.5 Å². The van der Waals surface area contributed by atoms with E-state index in [1.807, 2.05) is 12.1 Å². The van der Waals surface area contributed by atoms with Crippen molar-refractivity contribution in [2.24, 2.45) is 5.84 Å². The van der Waals surface area contributed by atoms with Crippen LogP contribution in [-0.2, 0) is 6.42 Å². The number of hydrogen-bond acceptors (Lipinski definition) is 6. The molecule has 0 spiro atoms. The predicted molar refractivity (Wildman–Crippen MR) is 79.0 cm³/mol. The Kier molecular flexibility index (Phi) is 5.05. The average Bonchev–Trinajstić information content (AvgIpc) is 2.52. The summed E-state index contributed by atoms with van der Waals surface area (Å²) < 4.78 is 5.51. The molecule has 0 amide bonds. The fourth-order valence-corrected chi connectivity index (χ4v) is 1.95. The zero-order valence-corrected chi connectivity index (χ0v) is 11.4. The van der Waals surface area contributed by atoms with Gasteiger partial charge in [-0.25, -0.2) is 0 Å². The first kappa shape index (κ1) is 14.7. The van der Waals surface area contributed by atoms with E-state index < -0.39 is 4.92 Å². The molecule has 0 aliphatic rings. The molecule has 3 N–H and O–H groups in total. The molecule has 7 heteroatoms. The zero-order chi connectivity index (χ0) is 15.1. The highest BCUT2D eigenvalue weighted by Crippen LogP contribution is 2.34. The van der Waals surface area contributed by atoms with Gasteiger partial charge in [-0.1, -0.05) is 6.07 Å². The van der Waals surface area contributed by atoms with Gasteiger partial charge in [-0.3, -0.25) is 20.9 Å². The molecule has 0 aliphatic carbocycles. The first-order chi connectivity index (χ1) is 10.2. The van der Waals surface area contributed by atoms with Gasteiger partial charge in [0.25, 0.3) is 0 Å². The number of nitrogens with one attached hydrogen (secondary N) is 1. The van der Waals surface area contributed by atoms with E-state index in [4.69, 9.17) is 10.6 Å². The number of nitrogens with two attached hydrogens (primary N) is 1. The second-order valence-corrected chi connectivity index (χ2v) is 4.36. The van der Waals surface area contributed by atoms with Gasteiger partial charge in [0, 0.05) is 12.4 Å². The van der Waals surface area contributed by atoms with Gasteiger partial charge in [0.1, 0.15) is 5.69 Å². The predicted octanol–water partition coefficient (Wildman–Crippen LogP) is 2.29. The fraction of sp³-hybridized carbons (Fsp3) is 0.214. The van der Waals surface area contributed by atoms with Gasteiger partial charge in [0.2, 0.25) is 0 Å². The average molecular weight is 288 g/mol. The number of aryl methyl sites for hydroxylation is 1. The second kappa shape index (κ2) is 7.20. The van der Waals surface area contributed by atoms with Crippen molar-refractivity contribution in [3.05, 3.63) is 58.4 Å². The Morgan fingerprint density at radius 1 is 1.29 bits per heavy atom. The molecule has 0 saturated carbocycles. The molecule has 1 heterocycles. The lowest BCUT2D eigenvalue weighted by molar-refractivity contribution is -0.385. The van der Waals surface area contributed by atoms with Crippen molar-refractivity contribution >= 4 is 11.4 Å². The van der Waals surface area contributed by atoms with Crippen LogP contribution in [0.2, 0.25) is 0 Å². The van der Waals surface area contributed by atoms with Crippen molar-refractivity contribution in [1.29, 1.82) is 0 Å². The number of nitro groups is 1. The van der Waals surface area contributed by atoms with Crippen LogP contribution in [0.5, 0.6) is 5.75 Å². The number of hydrogen-bond donors (Lipinski definition) is 2. The van der Waals surface area contributed by atoms with E-state index in [1.165, 1.54) is 6.07 Å². The third-order valence-electron chi connectivity index (χ3n) is 2.95. The molecule has 1 aromatic carbocycles. The van der Waals surface area contributed by atoms with Crippen LogP contribution in [0, 0.1) is 10.1 Å². The van der Waals surface area contributed by atoms with Crippen LogP contribution < -0.4 is 16.0 Å². The van der Waals surface area contributed by atoms with Crippen molar-refractivity contribution in [3.8, 4) is 5.75 Å². The summed E-state index contributed by atoms with van der Waals surface area (Å²) >= 11 is 0. The third kappa shape index (κ3) is 3.90. The van der Waals surface area contributed by atoms with Crippen LogP contribution >= 0.6 is 0 Å². The molecule has 0 unspecified atom stereocenters. The number of aromatic nitrogens is 1. The van der Waals surface area contributed by atoms with E-state index in [0.29, 0.717) is 6.61 Å². The van der Waals surface area contributed by atoms with Crippen LogP contribution in [0.25, 0.3) is 0 Å². The van der Waals surface area contributed by atoms with E-state index in [9.17, 15) is 10.1 Å². The molecule has 0 aliphatic heterocycles. The molecule has 2 aromatic rings. The Hall–Kier alpha value is -2.67. The van der Waals surface area contributed by atoms with Gasteiger partial charge in [-0.15, -0.1) is 0 Å². The van der Waals surface area contributed by atoms with Crippen LogP contribution in [-0.4, -0.2) is 16.5 Å². The molecular weight excluding hydrogens is 272 g/mol. The molecule has 0 fully saturated rings. The van der Waals surface area contributed by atoms with Crippen molar-refractivity contribution < 1.29 is 9.66 Å². The van der Waals surface area contributed by atoms with Crippen molar-refractivity contribution in [1.82, 2.24) is 4.98 Å². The highest BCUT2D eigenvalue weighted by Gasteiger charge is 2.20. The molecule has 0 radical (unpaired) electrons. The monoisotopic (exact) mass is 288 g/mol. The molecular formula is C14H16N4O3. The Morgan fingerprint density at radius 2 is 2.05 bits per heavy atom. The maximum Gasteiger partial charge on any atom is 0.335 e. The first-order valence-corrected chi connectivity index (χ1v) is 6.48. The maximum absolute atomic E-state index is 11.1. The molecule has 2 rings (SSSR count). The van der Waals surface area contributed by atoms with Crippen molar-refractivity contribution in [2.45, 2.75) is 12.8 Å². The third-order valence-corrected chi connectivity index (χ3v) is 2.95. The standard InChI is InChI=1S/C14H16N4O3/c15-17-12-4-1-5-13(14(12)18(19)20)21-10-2-3-11-6-8-16-9-7-11/h1,4-9,17H,2-3,10,15H2. The molecule has 0 saturated heterocycles. The quantitative estimate of drug-likeness (QED) is 0.350. The summed E-state index contributed by atoms with van der Waals surface area (Å²) in [5.41, 5.74) is 3.54. The largest absolute Gasteiger partial charge is 0.487 e. The Balaban J connectivity index is 1.95. The van der Waals surface area contributed by atoms with Crippen LogP contribution in [0.3, 0.4) is 0 Å². The van der Waals surface area contributed by atoms with Crippen molar-refractivity contribution in [2.75, 3.05) is 12.0 Å². The number of para-hydroxylation sites is 1. The summed E-state index contributed by atoms with van der Waals surface area (Å²) in [6.45, 7) is 0.386. The normalized spacial score (nSPS) is 10.1. The molecule has 1 aromatic heterocycles. The topological polar surface area (TPSA) is 103 Å². The van der Waals surface area contributed by atoms with Gasteiger partial charge >= 0.3 is 5.69 Å². The fourth-order valence-electron chi connectivity index (χ4n) is 1.95. The maximum atomic E-state index is 11.1. The lowest BCUT2D eigenvalue weighted by Crippen LogP contribution is -2.10. The molecule has 7 nitrogen and oxygen atoms in total. The lowest BCUT2D eigenvalue weighted by atomic mass is 10.1. The zero-order valence-electron chi connectivity index (χ0n) is 11.4. The number of hydrazine groups is 1. The Bertz CT molecular complexity index is 604. The SMILES string of the molecule is NNc1cccc(OCCCc2ccncc2)c1[N+](=O)[O-]. The summed E-state index contributed by atoms with van der Waals surface area (Å²) in [6.07, 6.45) is 5.04. The number of rotatable bonds is 7. The summed E-state index contributed by atoms with van der Waals surface area (Å²) in [6, 6.07) is 8.61. The number of anilines is 1. The molecule has 0 atom stereocenters. The lowest BCUT2D eigenvalue weighted by Gasteiger charge is -2.09. The van der Waals surface area contributed by atoms with Crippen LogP contribution in [0.4, 0.5) is 11.4 Å². The highest BCUT2D eigenvalue weighted by atomic mass is 16.6. The number of ether oxygens (including phenoxy) is 1. The minimum atomic E-state index is -0.507. The van der Waals surface area contributed by atoms with Gasteiger partial charge in [0.15, 0.2) is 5.75 Å². The summed E-state index contributed by atoms with van der Waals surface area (Å²) in [4.78, 5) is 14.5. The Morgan fingerprint density at radius 3 is 2.71 bits per heavy atom. The minimum absolute atomic E-state index is 0.149. The van der Waals surface area contributed by atoms with Crippen LogP contribution in [0.1, 0.15) is 12.0 Å². The van der Waals surface area contributed by atoms with Gasteiger partial charge < -0.3 is 10.2 Å². The van der Waals surface area contributed by atoms with Gasteiger partial charge in [-0.2, -0.15) is 0 Å². The molecule has 110 valence electrons. The second-order valence-electron chi connectivity index (χ2n) is 4.36. The minimum Gasteiger partial charge on any atom is -0.487 e. The van der Waals surface area contributed by atoms with E-state index in [0.717, 1.165) is 18.4 Å². The summed E-state index contributed by atoms with van der Waals surface area (Å²) in [5.74, 6) is 5.49. The van der Waals surface area contributed by atoms with E-state index in [1.54, 1.807) is 24.5 Å². The van der Waals surface area contributed by atoms with Crippen molar-refractivity contribution in [3.63, 3.8) is 0 Å². The number of nitrogens with zero attached hydrogens (tertiary/aromatic N) is 2. The number of nitro benzene ring substituents is 1. The number of benzene rings is 1. The number of pyridine rings is 1. The Labute approximate surface area is 121 Å². The van der Waals surface area contributed by atoms with E-state index >= 15 is 0 Å².